The average molecular weight is 281 g/mol. The molecule has 8 nitrogen and oxygen atoms in total. The van der Waals surface area contributed by atoms with E-state index in [1.54, 1.807) is 7.05 Å². The van der Waals surface area contributed by atoms with Crippen LogP contribution in [0.1, 0.15) is 16.8 Å². The Labute approximate surface area is 115 Å². The van der Waals surface area contributed by atoms with Gasteiger partial charge in [-0.1, -0.05) is 0 Å². The molecule has 0 saturated heterocycles. The lowest BCUT2D eigenvalue weighted by atomic mass is 10.1. The van der Waals surface area contributed by atoms with Gasteiger partial charge in [-0.15, -0.1) is 0 Å². The molecule has 1 aromatic rings. The Kier molecular flexibility index (Phi) is 5.01. The van der Waals surface area contributed by atoms with Crippen LogP contribution in [0.25, 0.3) is 0 Å². The molecular formula is C12H15N3O5. The van der Waals surface area contributed by atoms with Crippen molar-refractivity contribution in [3.63, 3.8) is 0 Å². The predicted octanol–water partition coefficient (Wildman–Crippen LogP) is 0.693. The number of nitrogens with zero attached hydrogens (tertiary/aromatic N) is 2. The summed E-state index contributed by atoms with van der Waals surface area (Å²) in [4.78, 5) is 34.1. The van der Waals surface area contributed by atoms with Gasteiger partial charge in [0, 0.05) is 25.2 Å². The van der Waals surface area contributed by atoms with Crippen LogP contribution in [0, 0.1) is 10.1 Å². The SMILES string of the molecule is COC(=O)CCN(C)c1cc(C(N)=O)ccc1[N+](=O)[O-]. The van der Waals surface area contributed by atoms with Crippen molar-refractivity contribution in [3.8, 4) is 0 Å². The maximum atomic E-state index is 11.1. The lowest BCUT2D eigenvalue weighted by Crippen LogP contribution is -2.23. The Morgan fingerprint density at radius 2 is 2.10 bits per heavy atom. The quantitative estimate of drug-likeness (QED) is 0.466. The van der Waals surface area contributed by atoms with Crippen molar-refractivity contribution < 1.29 is 19.2 Å². The molecule has 0 bridgehead atoms. The molecule has 108 valence electrons. The monoisotopic (exact) mass is 281 g/mol. The summed E-state index contributed by atoms with van der Waals surface area (Å²) in [7, 11) is 2.84. The molecule has 0 aliphatic rings. The minimum atomic E-state index is -0.678. The number of benzene rings is 1. The molecule has 0 heterocycles. The molecule has 0 fully saturated rings. The van der Waals surface area contributed by atoms with Gasteiger partial charge in [0.25, 0.3) is 5.69 Å². The lowest BCUT2D eigenvalue weighted by molar-refractivity contribution is -0.384. The smallest absolute Gasteiger partial charge is 0.307 e. The number of amides is 1. The van der Waals surface area contributed by atoms with Gasteiger partial charge in [0.2, 0.25) is 5.91 Å². The van der Waals surface area contributed by atoms with E-state index in [1.165, 1.54) is 30.2 Å². The van der Waals surface area contributed by atoms with E-state index in [1.807, 2.05) is 0 Å². The Morgan fingerprint density at radius 3 is 2.60 bits per heavy atom. The molecule has 1 rings (SSSR count). The van der Waals surface area contributed by atoms with Gasteiger partial charge in [0.15, 0.2) is 0 Å². The van der Waals surface area contributed by atoms with Crippen LogP contribution in [-0.4, -0.2) is 37.5 Å². The van der Waals surface area contributed by atoms with Gasteiger partial charge in [0.05, 0.1) is 18.5 Å². The first-order chi connectivity index (χ1) is 9.36. The van der Waals surface area contributed by atoms with Crippen LogP contribution in [0.5, 0.6) is 0 Å². The van der Waals surface area contributed by atoms with Crippen molar-refractivity contribution in [1.82, 2.24) is 0 Å². The van der Waals surface area contributed by atoms with Gasteiger partial charge in [-0.2, -0.15) is 0 Å². The molecule has 0 radical (unpaired) electrons. The molecule has 20 heavy (non-hydrogen) atoms. The summed E-state index contributed by atoms with van der Waals surface area (Å²) in [6, 6.07) is 3.83. The van der Waals surface area contributed by atoms with Crippen molar-refractivity contribution in [1.29, 1.82) is 0 Å². The minimum Gasteiger partial charge on any atom is -0.469 e. The number of nitrogens with two attached hydrogens (primary N) is 1. The summed E-state index contributed by atoms with van der Waals surface area (Å²) >= 11 is 0. The first-order valence-corrected chi connectivity index (χ1v) is 5.73. The zero-order valence-electron chi connectivity index (χ0n) is 11.2. The fourth-order valence-corrected chi connectivity index (χ4v) is 1.62. The van der Waals surface area contributed by atoms with E-state index in [2.05, 4.69) is 4.74 Å². The number of hydrogen-bond donors (Lipinski definition) is 1. The molecule has 2 N–H and O–H groups in total. The first-order valence-electron chi connectivity index (χ1n) is 5.73. The van der Waals surface area contributed by atoms with Crippen molar-refractivity contribution in [2.24, 2.45) is 5.73 Å². The Balaban J connectivity index is 3.05. The van der Waals surface area contributed by atoms with Gasteiger partial charge >= 0.3 is 5.97 Å². The molecule has 1 amide bonds. The number of anilines is 1. The van der Waals surface area contributed by atoms with Crippen LogP contribution < -0.4 is 10.6 Å². The van der Waals surface area contributed by atoms with E-state index < -0.39 is 16.8 Å². The maximum absolute atomic E-state index is 11.1. The number of hydrogen-bond acceptors (Lipinski definition) is 6. The van der Waals surface area contributed by atoms with Gasteiger partial charge < -0.3 is 15.4 Å². The second-order valence-electron chi connectivity index (χ2n) is 4.07. The molecule has 0 atom stereocenters. The van der Waals surface area contributed by atoms with Crippen molar-refractivity contribution >= 4 is 23.3 Å². The van der Waals surface area contributed by atoms with Crippen LogP contribution in [0.2, 0.25) is 0 Å². The average Bonchev–Trinajstić information content (AvgIpc) is 2.43. The molecule has 0 saturated carbocycles. The number of carbonyl (C=O) groups is 2. The van der Waals surface area contributed by atoms with E-state index in [-0.39, 0.29) is 29.9 Å². The first kappa shape index (κ1) is 15.4. The third-order valence-electron chi connectivity index (χ3n) is 2.75. The maximum Gasteiger partial charge on any atom is 0.307 e. The number of nitro benzene ring substituents is 1. The Bertz CT molecular complexity index is 544. The summed E-state index contributed by atoms with van der Waals surface area (Å²) in [5.74, 6) is -1.10. The molecule has 0 spiro atoms. The summed E-state index contributed by atoms with van der Waals surface area (Å²) < 4.78 is 4.50. The standard InChI is InChI=1S/C12H15N3O5/c1-14(6-5-11(16)20-2)10-7-8(12(13)17)3-4-9(10)15(18)19/h3-4,7H,5-6H2,1-2H3,(H2,13,17). The van der Waals surface area contributed by atoms with Crippen LogP contribution in [-0.2, 0) is 9.53 Å². The van der Waals surface area contributed by atoms with Crippen molar-refractivity contribution in [3.05, 3.63) is 33.9 Å². The molecule has 1 aromatic carbocycles. The van der Waals surface area contributed by atoms with Crippen LogP contribution in [0.15, 0.2) is 18.2 Å². The molecule has 8 heteroatoms. The van der Waals surface area contributed by atoms with Gasteiger partial charge in [-0.25, -0.2) is 0 Å². The normalized spacial score (nSPS) is 9.90. The van der Waals surface area contributed by atoms with Gasteiger partial charge in [0.1, 0.15) is 5.69 Å². The minimum absolute atomic E-state index is 0.0744. The number of nitro groups is 1. The Morgan fingerprint density at radius 1 is 1.45 bits per heavy atom. The zero-order valence-corrected chi connectivity index (χ0v) is 11.2. The fourth-order valence-electron chi connectivity index (χ4n) is 1.62. The van der Waals surface area contributed by atoms with Crippen molar-refractivity contribution in [2.75, 3.05) is 25.6 Å². The largest absolute Gasteiger partial charge is 0.469 e. The van der Waals surface area contributed by atoms with E-state index >= 15 is 0 Å². The topological polar surface area (TPSA) is 116 Å². The highest BCUT2D eigenvalue weighted by molar-refractivity contribution is 5.94. The summed E-state index contributed by atoms with van der Waals surface area (Å²) in [6.45, 7) is 0.218. The van der Waals surface area contributed by atoms with E-state index in [0.717, 1.165) is 0 Å². The summed E-state index contributed by atoms with van der Waals surface area (Å²) in [5.41, 5.74) is 5.37. The highest BCUT2D eigenvalue weighted by Gasteiger charge is 2.19. The van der Waals surface area contributed by atoms with Crippen LogP contribution >= 0.6 is 0 Å². The number of ether oxygens (including phenoxy) is 1. The molecule has 0 aliphatic heterocycles. The number of carbonyl (C=O) groups excluding carboxylic acids is 2. The van der Waals surface area contributed by atoms with Crippen LogP contribution in [0.4, 0.5) is 11.4 Å². The highest BCUT2D eigenvalue weighted by atomic mass is 16.6. The highest BCUT2D eigenvalue weighted by Crippen LogP contribution is 2.28. The van der Waals surface area contributed by atoms with Gasteiger partial charge in [-0.05, 0) is 12.1 Å². The lowest BCUT2D eigenvalue weighted by Gasteiger charge is -2.19. The van der Waals surface area contributed by atoms with E-state index in [0.29, 0.717) is 0 Å². The third kappa shape index (κ3) is 3.67. The summed E-state index contributed by atoms with van der Waals surface area (Å²) in [6.07, 6.45) is 0.0744. The predicted molar refractivity (Wildman–Crippen MR) is 71.5 cm³/mol. The van der Waals surface area contributed by atoms with E-state index in [9.17, 15) is 19.7 Å². The second-order valence-corrected chi connectivity index (χ2v) is 4.07. The molecular weight excluding hydrogens is 266 g/mol. The number of primary amides is 1. The second kappa shape index (κ2) is 6.50. The third-order valence-corrected chi connectivity index (χ3v) is 2.75. The van der Waals surface area contributed by atoms with E-state index in [4.69, 9.17) is 5.73 Å². The van der Waals surface area contributed by atoms with Crippen LogP contribution in [0.3, 0.4) is 0 Å². The number of methoxy groups -OCH3 is 1. The molecule has 0 aromatic heterocycles. The van der Waals surface area contributed by atoms with Gasteiger partial charge in [-0.3, -0.25) is 19.7 Å². The number of esters is 1. The summed E-state index contributed by atoms with van der Waals surface area (Å²) in [5, 5.41) is 11.0. The van der Waals surface area contributed by atoms with Crippen molar-refractivity contribution in [2.45, 2.75) is 6.42 Å². The number of rotatable bonds is 6. The molecule has 0 unspecified atom stereocenters. The zero-order chi connectivity index (χ0) is 15.3. The fraction of sp³-hybridized carbons (Fsp3) is 0.333. The molecule has 0 aliphatic carbocycles. The Hall–Kier alpha value is -2.64.